The van der Waals surface area contributed by atoms with Gasteiger partial charge >= 0.3 is 0 Å². The Bertz CT molecular complexity index is 505. The molecule has 0 amide bonds. The smallest absolute Gasteiger partial charge is 0.241 e. The van der Waals surface area contributed by atoms with E-state index in [1.54, 1.807) is 0 Å². The van der Waals surface area contributed by atoms with Crippen LogP contribution in [0.5, 0.6) is 5.88 Å². The van der Waals surface area contributed by atoms with Crippen LogP contribution < -0.4 is 10.5 Å². The number of benzene rings is 1. The first-order valence-electron chi connectivity index (χ1n) is 5.77. The standard InChI is InChI=1S/C13H15N3OS/c1-2-8-17-12-11(14)13(16-9-15-12)18-10-6-4-3-5-7-10/h3-7,9H,2,8,14H2,1H3. The first-order chi connectivity index (χ1) is 8.81. The molecule has 0 saturated heterocycles. The van der Waals surface area contributed by atoms with Crippen molar-refractivity contribution in [2.24, 2.45) is 0 Å². The van der Waals surface area contributed by atoms with Gasteiger partial charge in [0.25, 0.3) is 0 Å². The zero-order chi connectivity index (χ0) is 12.8. The van der Waals surface area contributed by atoms with Crippen LogP contribution in [0.2, 0.25) is 0 Å². The second-order valence-electron chi connectivity index (χ2n) is 3.66. The highest BCUT2D eigenvalue weighted by Gasteiger charge is 2.10. The summed E-state index contributed by atoms with van der Waals surface area (Å²) in [4.78, 5) is 9.32. The number of hydrogen-bond donors (Lipinski definition) is 1. The van der Waals surface area contributed by atoms with Gasteiger partial charge in [0.1, 0.15) is 17.0 Å². The summed E-state index contributed by atoms with van der Waals surface area (Å²) in [5, 5.41) is 0.724. The van der Waals surface area contributed by atoms with E-state index in [1.165, 1.54) is 18.1 Å². The highest BCUT2D eigenvalue weighted by atomic mass is 32.2. The molecule has 2 aromatic rings. The van der Waals surface area contributed by atoms with Crippen molar-refractivity contribution in [2.75, 3.05) is 12.3 Å². The molecule has 18 heavy (non-hydrogen) atoms. The third-order valence-electron chi connectivity index (χ3n) is 2.21. The fourth-order valence-corrected chi connectivity index (χ4v) is 2.17. The molecule has 0 atom stereocenters. The molecular weight excluding hydrogens is 246 g/mol. The van der Waals surface area contributed by atoms with Gasteiger partial charge in [-0.3, -0.25) is 0 Å². The number of hydrogen-bond acceptors (Lipinski definition) is 5. The van der Waals surface area contributed by atoms with Crippen LogP contribution in [0.25, 0.3) is 0 Å². The summed E-state index contributed by atoms with van der Waals surface area (Å²) < 4.78 is 5.47. The summed E-state index contributed by atoms with van der Waals surface area (Å²) in [5.41, 5.74) is 6.50. The summed E-state index contributed by atoms with van der Waals surface area (Å²) in [7, 11) is 0. The summed E-state index contributed by atoms with van der Waals surface area (Å²) in [5.74, 6) is 0.463. The van der Waals surface area contributed by atoms with Crippen LogP contribution in [0.1, 0.15) is 13.3 Å². The number of nitrogen functional groups attached to an aromatic ring is 1. The average Bonchev–Trinajstić information content (AvgIpc) is 2.41. The Labute approximate surface area is 111 Å². The Hall–Kier alpha value is -1.75. The monoisotopic (exact) mass is 261 g/mol. The van der Waals surface area contributed by atoms with Gasteiger partial charge in [-0.15, -0.1) is 0 Å². The van der Waals surface area contributed by atoms with E-state index in [1.807, 2.05) is 37.3 Å². The number of nitrogens with zero attached hydrogens (tertiary/aromatic N) is 2. The molecule has 2 N–H and O–H groups in total. The van der Waals surface area contributed by atoms with Gasteiger partial charge in [-0.2, -0.15) is 4.98 Å². The Morgan fingerprint density at radius 1 is 1.22 bits per heavy atom. The minimum Gasteiger partial charge on any atom is -0.476 e. The summed E-state index contributed by atoms with van der Waals surface area (Å²) in [6.45, 7) is 2.65. The first-order valence-corrected chi connectivity index (χ1v) is 6.59. The lowest BCUT2D eigenvalue weighted by Crippen LogP contribution is -2.03. The molecule has 0 aliphatic carbocycles. The van der Waals surface area contributed by atoms with Crippen molar-refractivity contribution in [1.29, 1.82) is 0 Å². The molecule has 1 heterocycles. The number of nitrogens with two attached hydrogens (primary N) is 1. The molecule has 0 spiro atoms. The van der Waals surface area contributed by atoms with E-state index in [9.17, 15) is 0 Å². The third-order valence-corrected chi connectivity index (χ3v) is 3.24. The molecular formula is C13H15N3OS. The van der Waals surface area contributed by atoms with Crippen LogP contribution in [-0.4, -0.2) is 16.6 Å². The lowest BCUT2D eigenvalue weighted by Gasteiger charge is -2.09. The highest BCUT2D eigenvalue weighted by Crippen LogP contribution is 2.33. The van der Waals surface area contributed by atoms with E-state index >= 15 is 0 Å². The van der Waals surface area contributed by atoms with E-state index in [2.05, 4.69) is 9.97 Å². The molecule has 0 radical (unpaired) electrons. The number of rotatable bonds is 5. The van der Waals surface area contributed by atoms with Crippen molar-refractivity contribution in [1.82, 2.24) is 9.97 Å². The molecule has 4 nitrogen and oxygen atoms in total. The fraction of sp³-hybridized carbons (Fsp3) is 0.231. The van der Waals surface area contributed by atoms with Crippen molar-refractivity contribution in [3.05, 3.63) is 36.7 Å². The van der Waals surface area contributed by atoms with Crippen molar-refractivity contribution in [2.45, 2.75) is 23.3 Å². The zero-order valence-electron chi connectivity index (χ0n) is 10.2. The molecule has 0 saturated carbocycles. The van der Waals surface area contributed by atoms with Crippen LogP contribution in [0.3, 0.4) is 0 Å². The van der Waals surface area contributed by atoms with Gasteiger partial charge in [0.05, 0.1) is 6.61 Å². The highest BCUT2D eigenvalue weighted by molar-refractivity contribution is 7.99. The minimum atomic E-state index is 0.463. The molecule has 0 aliphatic rings. The van der Waals surface area contributed by atoms with Gasteiger partial charge in [-0.1, -0.05) is 36.9 Å². The van der Waals surface area contributed by atoms with Crippen LogP contribution >= 0.6 is 11.8 Å². The Morgan fingerprint density at radius 3 is 2.72 bits per heavy atom. The number of ether oxygens (including phenoxy) is 1. The van der Waals surface area contributed by atoms with Crippen molar-refractivity contribution in [3.63, 3.8) is 0 Å². The van der Waals surface area contributed by atoms with Gasteiger partial charge in [0.2, 0.25) is 5.88 Å². The maximum atomic E-state index is 6.00. The molecule has 5 heteroatoms. The van der Waals surface area contributed by atoms with E-state index < -0.39 is 0 Å². The maximum Gasteiger partial charge on any atom is 0.241 e. The van der Waals surface area contributed by atoms with E-state index in [0.717, 1.165) is 16.3 Å². The summed E-state index contributed by atoms with van der Waals surface area (Å²) >= 11 is 1.51. The third kappa shape index (κ3) is 3.13. The Balaban J connectivity index is 2.18. The average molecular weight is 261 g/mol. The number of anilines is 1. The van der Waals surface area contributed by atoms with Gasteiger partial charge < -0.3 is 10.5 Å². The quantitative estimate of drug-likeness (QED) is 0.838. The molecule has 2 rings (SSSR count). The van der Waals surface area contributed by atoms with Crippen molar-refractivity contribution >= 4 is 17.4 Å². The van der Waals surface area contributed by atoms with E-state index in [-0.39, 0.29) is 0 Å². The lowest BCUT2D eigenvalue weighted by molar-refractivity contribution is 0.305. The zero-order valence-corrected chi connectivity index (χ0v) is 11.0. The first kappa shape index (κ1) is 12.7. The minimum absolute atomic E-state index is 0.463. The van der Waals surface area contributed by atoms with Crippen LogP contribution in [-0.2, 0) is 0 Å². The van der Waals surface area contributed by atoms with Crippen molar-refractivity contribution in [3.8, 4) is 5.88 Å². The molecule has 94 valence electrons. The van der Waals surface area contributed by atoms with Gasteiger partial charge in [0, 0.05) is 4.90 Å². The molecule has 0 fully saturated rings. The maximum absolute atomic E-state index is 6.00. The molecule has 0 aliphatic heterocycles. The van der Waals surface area contributed by atoms with Crippen LogP contribution in [0.15, 0.2) is 46.6 Å². The largest absolute Gasteiger partial charge is 0.476 e. The van der Waals surface area contributed by atoms with Gasteiger partial charge in [-0.05, 0) is 18.6 Å². The molecule has 0 unspecified atom stereocenters. The second-order valence-corrected chi connectivity index (χ2v) is 4.72. The fourth-order valence-electron chi connectivity index (χ4n) is 1.36. The normalized spacial score (nSPS) is 10.3. The van der Waals surface area contributed by atoms with Crippen molar-refractivity contribution < 1.29 is 4.74 Å². The number of aromatic nitrogens is 2. The summed E-state index contributed by atoms with van der Waals surface area (Å²) in [6, 6.07) is 9.96. The SMILES string of the molecule is CCCOc1ncnc(Sc2ccccc2)c1N. The van der Waals surface area contributed by atoms with Crippen LogP contribution in [0, 0.1) is 0 Å². The predicted molar refractivity (Wildman–Crippen MR) is 72.8 cm³/mol. The van der Waals surface area contributed by atoms with Gasteiger partial charge in [-0.25, -0.2) is 4.98 Å². The van der Waals surface area contributed by atoms with Gasteiger partial charge in [0.15, 0.2) is 0 Å². The summed E-state index contributed by atoms with van der Waals surface area (Å²) in [6.07, 6.45) is 2.40. The lowest BCUT2D eigenvalue weighted by atomic mass is 10.4. The predicted octanol–water partition coefficient (Wildman–Crippen LogP) is 3.00. The molecule has 1 aromatic carbocycles. The Morgan fingerprint density at radius 2 is 2.00 bits per heavy atom. The molecule has 0 bridgehead atoms. The Kier molecular flexibility index (Phi) is 4.41. The topological polar surface area (TPSA) is 61.0 Å². The second kappa shape index (κ2) is 6.26. The molecule has 1 aromatic heterocycles. The van der Waals surface area contributed by atoms with Crippen LogP contribution in [0.4, 0.5) is 5.69 Å². The van der Waals surface area contributed by atoms with E-state index in [4.69, 9.17) is 10.5 Å². The van der Waals surface area contributed by atoms with E-state index in [0.29, 0.717) is 18.2 Å².